The molecule has 0 aromatic heterocycles. The number of benzene rings is 1. The molecule has 1 aliphatic heterocycles. The first kappa shape index (κ1) is 16.4. The Labute approximate surface area is 136 Å². The van der Waals surface area contributed by atoms with E-state index in [0.29, 0.717) is 18.8 Å². The van der Waals surface area contributed by atoms with Gasteiger partial charge in [-0.3, -0.25) is 4.79 Å². The van der Waals surface area contributed by atoms with E-state index >= 15 is 0 Å². The first-order valence-electron chi connectivity index (χ1n) is 7.93. The average Bonchev–Trinajstić information content (AvgIpc) is 3.31. The van der Waals surface area contributed by atoms with Gasteiger partial charge in [0.2, 0.25) is 15.9 Å². The predicted octanol–water partition coefficient (Wildman–Crippen LogP) is 1.83. The van der Waals surface area contributed by atoms with Crippen molar-refractivity contribution in [3.8, 4) is 0 Å². The molecule has 2 atom stereocenters. The minimum absolute atomic E-state index is 0.0106. The number of carbonyl (C=O) groups excluding carboxylic acids is 1. The molecule has 126 valence electrons. The van der Waals surface area contributed by atoms with Gasteiger partial charge in [0.15, 0.2) is 0 Å². The van der Waals surface area contributed by atoms with Gasteiger partial charge in [0.05, 0.1) is 17.1 Å². The Morgan fingerprint density at radius 1 is 1.13 bits per heavy atom. The Morgan fingerprint density at radius 3 is 2.22 bits per heavy atom. The number of nitrogens with one attached hydrogen (secondary N) is 1. The average molecular weight is 338 g/mol. The van der Waals surface area contributed by atoms with Crippen molar-refractivity contribution >= 4 is 21.6 Å². The van der Waals surface area contributed by atoms with Gasteiger partial charge in [-0.1, -0.05) is 0 Å². The molecule has 7 heteroatoms. The second-order valence-corrected chi connectivity index (χ2v) is 8.31. The van der Waals surface area contributed by atoms with Gasteiger partial charge in [-0.2, -0.15) is 4.31 Å². The van der Waals surface area contributed by atoms with Gasteiger partial charge in [-0.15, -0.1) is 0 Å². The SMILES string of the molecule is CC1CN(S(=O)(=O)c2ccc(NC(=O)C3CC3)cc2)CC(C)O1. The summed E-state index contributed by atoms with van der Waals surface area (Å²) in [7, 11) is -3.54. The smallest absolute Gasteiger partial charge is 0.243 e. The molecule has 0 spiro atoms. The van der Waals surface area contributed by atoms with Crippen LogP contribution in [-0.2, 0) is 19.6 Å². The molecular weight excluding hydrogens is 316 g/mol. The molecule has 1 aliphatic carbocycles. The van der Waals surface area contributed by atoms with Crippen molar-refractivity contribution < 1.29 is 17.9 Å². The van der Waals surface area contributed by atoms with Crippen molar-refractivity contribution in [2.24, 2.45) is 5.92 Å². The van der Waals surface area contributed by atoms with E-state index in [0.717, 1.165) is 12.8 Å². The van der Waals surface area contributed by atoms with Crippen LogP contribution in [0.5, 0.6) is 0 Å². The zero-order valence-electron chi connectivity index (χ0n) is 13.4. The molecule has 2 unspecified atom stereocenters. The molecule has 1 amide bonds. The number of rotatable bonds is 4. The number of amides is 1. The number of ether oxygens (including phenoxy) is 1. The van der Waals surface area contributed by atoms with Crippen LogP contribution in [0.15, 0.2) is 29.2 Å². The summed E-state index contributed by atoms with van der Waals surface area (Å²) in [5.41, 5.74) is 0.629. The standard InChI is InChI=1S/C16H22N2O4S/c1-11-9-18(10-12(2)22-11)23(20,21)15-7-5-14(6-8-15)17-16(19)13-3-4-13/h5-8,11-13H,3-4,9-10H2,1-2H3,(H,17,19). The third-order valence-corrected chi connectivity index (χ3v) is 5.94. The largest absolute Gasteiger partial charge is 0.373 e. The number of morpholine rings is 1. The van der Waals surface area contributed by atoms with Gasteiger partial charge in [0.1, 0.15) is 0 Å². The Bertz CT molecular complexity index is 673. The van der Waals surface area contributed by atoms with Crippen LogP contribution in [0.2, 0.25) is 0 Å². The molecule has 2 fully saturated rings. The van der Waals surface area contributed by atoms with Crippen molar-refractivity contribution in [3.05, 3.63) is 24.3 Å². The number of hydrogen-bond donors (Lipinski definition) is 1. The summed E-state index contributed by atoms with van der Waals surface area (Å²) < 4.78 is 32.5. The number of sulfonamides is 1. The number of anilines is 1. The van der Waals surface area contributed by atoms with E-state index in [1.807, 2.05) is 13.8 Å². The fourth-order valence-corrected chi connectivity index (χ4v) is 4.37. The molecular formula is C16H22N2O4S. The Balaban J connectivity index is 1.73. The molecule has 0 radical (unpaired) electrons. The third-order valence-electron chi connectivity index (χ3n) is 4.09. The normalized spacial score (nSPS) is 26.0. The number of carbonyl (C=O) groups is 1. The predicted molar refractivity (Wildman–Crippen MR) is 86.6 cm³/mol. The molecule has 3 rings (SSSR count). The highest BCUT2D eigenvalue weighted by Gasteiger charge is 2.32. The van der Waals surface area contributed by atoms with Crippen molar-refractivity contribution in [1.29, 1.82) is 0 Å². The van der Waals surface area contributed by atoms with Gasteiger partial charge in [0, 0.05) is 24.7 Å². The Hall–Kier alpha value is -1.44. The fraction of sp³-hybridized carbons (Fsp3) is 0.562. The lowest BCUT2D eigenvalue weighted by Crippen LogP contribution is -2.48. The molecule has 1 heterocycles. The van der Waals surface area contributed by atoms with Crippen LogP contribution in [-0.4, -0.2) is 43.9 Å². The van der Waals surface area contributed by atoms with Gasteiger partial charge in [-0.25, -0.2) is 8.42 Å². The fourth-order valence-electron chi connectivity index (χ4n) is 2.78. The van der Waals surface area contributed by atoms with Crippen molar-refractivity contribution in [2.45, 2.75) is 43.8 Å². The molecule has 1 saturated carbocycles. The van der Waals surface area contributed by atoms with Crippen LogP contribution in [0.3, 0.4) is 0 Å². The van der Waals surface area contributed by atoms with E-state index in [1.54, 1.807) is 24.3 Å². The number of nitrogens with zero attached hydrogens (tertiary/aromatic N) is 1. The second-order valence-electron chi connectivity index (χ2n) is 6.37. The van der Waals surface area contributed by atoms with E-state index in [2.05, 4.69) is 5.32 Å². The summed E-state index contributed by atoms with van der Waals surface area (Å²) >= 11 is 0. The van der Waals surface area contributed by atoms with E-state index in [-0.39, 0.29) is 28.9 Å². The summed E-state index contributed by atoms with van der Waals surface area (Å²) in [6.07, 6.45) is 1.63. The quantitative estimate of drug-likeness (QED) is 0.909. The van der Waals surface area contributed by atoms with E-state index in [1.165, 1.54) is 4.31 Å². The van der Waals surface area contributed by atoms with Gasteiger partial charge in [-0.05, 0) is 51.0 Å². The minimum Gasteiger partial charge on any atom is -0.373 e. The van der Waals surface area contributed by atoms with E-state index in [9.17, 15) is 13.2 Å². The van der Waals surface area contributed by atoms with Crippen LogP contribution in [0.25, 0.3) is 0 Å². The highest BCUT2D eigenvalue weighted by molar-refractivity contribution is 7.89. The highest BCUT2D eigenvalue weighted by atomic mass is 32.2. The highest BCUT2D eigenvalue weighted by Crippen LogP contribution is 2.30. The van der Waals surface area contributed by atoms with Crippen LogP contribution in [0.1, 0.15) is 26.7 Å². The zero-order chi connectivity index (χ0) is 16.6. The molecule has 6 nitrogen and oxygen atoms in total. The van der Waals surface area contributed by atoms with Crippen LogP contribution in [0, 0.1) is 5.92 Å². The monoisotopic (exact) mass is 338 g/mol. The van der Waals surface area contributed by atoms with E-state index < -0.39 is 10.0 Å². The van der Waals surface area contributed by atoms with Gasteiger partial charge < -0.3 is 10.1 Å². The van der Waals surface area contributed by atoms with E-state index in [4.69, 9.17) is 4.74 Å². The Kier molecular flexibility index (Phi) is 4.44. The first-order valence-corrected chi connectivity index (χ1v) is 9.37. The molecule has 1 saturated heterocycles. The van der Waals surface area contributed by atoms with Crippen molar-refractivity contribution in [2.75, 3.05) is 18.4 Å². The molecule has 23 heavy (non-hydrogen) atoms. The maximum absolute atomic E-state index is 12.7. The summed E-state index contributed by atoms with van der Waals surface area (Å²) in [5, 5.41) is 2.81. The summed E-state index contributed by atoms with van der Waals surface area (Å²) in [6, 6.07) is 6.37. The lowest BCUT2D eigenvalue weighted by atomic mass is 10.3. The van der Waals surface area contributed by atoms with Gasteiger partial charge >= 0.3 is 0 Å². The Morgan fingerprint density at radius 2 is 1.70 bits per heavy atom. The first-order chi connectivity index (χ1) is 10.9. The molecule has 1 aromatic rings. The summed E-state index contributed by atoms with van der Waals surface area (Å²) in [6.45, 7) is 4.45. The maximum Gasteiger partial charge on any atom is 0.243 e. The van der Waals surface area contributed by atoms with Crippen LogP contribution < -0.4 is 5.32 Å². The topological polar surface area (TPSA) is 75.7 Å². The molecule has 1 N–H and O–H groups in total. The molecule has 0 bridgehead atoms. The zero-order valence-corrected chi connectivity index (χ0v) is 14.2. The summed E-state index contributed by atoms with van der Waals surface area (Å²) in [4.78, 5) is 12.0. The lowest BCUT2D eigenvalue weighted by Gasteiger charge is -2.34. The third kappa shape index (κ3) is 3.73. The number of hydrogen-bond acceptors (Lipinski definition) is 4. The molecule has 1 aromatic carbocycles. The second kappa shape index (κ2) is 6.22. The lowest BCUT2D eigenvalue weighted by molar-refractivity contribution is -0.117. The summed E-state index contributed by atoms with van der Waals surface area (Å²) in [5.74, 6) is 0.131. The van der Waals surface area contributed by atoms with Crippen LogP contribution in [0.4, 0.5) is 5.69 Å². The van der Waals surface area contributed by atoms with Crippen LogP contribution >= 0.6 is 0 Å². The minimum atomic E-state index is -3.54. The molecule has 2 aliphatic rings. The van der Waals surface area contributed by atoms with Crippen molar-refractivity contribution in [1.82, 2.24) is 4.31 Å². The van der Waals surface area contributed by atoms with Crippen molar-refractivity contribution in [3.63, 3.8) is 0 Å². The maximum atomic E-state index is 12.7. The van der Waals surface area contributed by atoms with Gasteiger partial charge in [0.25, 0.3) is 0 Å².